The van der Waals surface area contributed by atoms with Crippen LogP contribution in [0, 0.1) is 11.8 Å². The molecule has 0 saturated carbocycles. The van der Waals surface area contributed by atoms with Crippen LogP contribution in [0.3, 0.4) is 0 Å². The summed E-state index contributed by atoms with van der Waals surface area (Å²) in [6, 6.07) is -0.145. The second-order valence-corrected chi connectivity index (χ2v) is 12.4. The Morgan fingerprint density at radius 2 is 1.88 bits per heavy atom. The predicted molar refractivity (Wildman–Crippen MR) is 159 cm³/mol. The number of carbonyl (C=O) groups excluding carboxylic acids is 3. The highest BCUT2D eigenvalue weighted by Gasteiger charge is 2.41. The molecule has 42 heavy (non-hydrogen) atoms. The van der Waals surface area contributed by atoms with E-state index in [2.05, 4.69) is 36.9 Å². The topological polar surface area (TPSA) is 95.1 Å². The van der Waals surface area contributed by atoms with Gasteiger partial charge in [0.1, 0.15) is 5.76 Å². The summed E-state index contributed by atoms with van der Waals surface area (Å²) in [5.74, 6) is 2.76. The van der Waals surface area contributed by atoms with Gasteiger partial charge >= 0.3 is 6.03 Å². The first-order valence-corrected chi connectivity index (χ1v) is 15.7. The number of hydrogen-bond donors (Lipinski definition) is 0. The minimum atomic E-state index is -0.232. The first-order valence-electron chi connectivity index (χ1n) is 15.7. The molecule has 3 saturated heterocycles. The van der Waals surface area contributed by atoms with E-state index in [-0.39, 0.29) is 42.5 Å². The second kappa shape index (κ2) is 15.1. The molecule has 3 atom stereocenters. The molecule has 0 aromatic heterocycles. The van der Waals surface area contributed by atoms with E-state index in [1.165, 1.54) is 4.90 Å². The zero-order valence-corrected chi connectivity index (χ0v) is 26.3. The van der Waals surface area contributed by atoms with Crippen LogP contribution < -0.4 is 0 Å². The Bertz CT molecular complexity index is 1030. The van der Waals surface area contributed by atoms with E-state index in [0.717, 1.165) is 76.2 Å². The molecule has 3 heterocycles. The largest absolute Gasteiger partial charge is 0.497 e. The molecule has 0 N–H and O–H groups in total. The van der Waals surface area contributed by atoms with Gasteiger partial charge in [0.15, 0.2) is 5.76 Å². The number of rotatable bonds is 15. The van der Waals surface area contributed by atoms with Gasteiger partial charge in [0.25, 0.3) is 0 Å². The van der Waals surface area contributed by atoms with Gasteiger partial charge in [-0.25, -0.2) is 4.79 Å². The highest BCUT2D eigenvalue weighted by atomic mass is 16.7. The van der Waals surface area contributed by atoms with Crippen LogP contribution in [0.15, 0.2) is 23.4 Å². The minimum absolute atomic E-state index is 0.0871. The van der Waals surface area contributed by atoms with Crippen LogP contribution in [0.1, 0.15) is 58.3 Å². The molecular formula is C31H51N5O6. The fourth-order valence-electron chi connectivity index (χ4n) is 6.52. The van der Waals surface area contributed by atoms with Gasteiger partial charge in [0.2, 0.25) is 24.4 Å². The van der Waals surface area contributed by atoms with Gasteiger partial charge in [-0.2, -0.15) is 0 Å². The van der Waals surface area contributed by atoms with Crippen LogP contribution in [0.5, 0.6) is 0 Å². The predicted octanol–water partition coefficient (Wildman–Crippen LogP) is 3.09. The van der Waals surface area contributed by atoms with Gasteiger partial charge < -0.3 is 28.9 Å². The quantitative estimate of drug-likeness (QED) is 0.269. The Labute approximate surface area is 251 Å². The number of ether oxygens (including phenoxy) is 3. The zero-order valence-electron chi connectivity index (χ0n) is 26.3. The number of likely N-dealkylation sites (tertiary alicyclic amines) is 1. The lowest BCUT2D eigenvalue weighted by atomic mass is 9.83. The van der Waals surface area contributed by atoms with Crippen molar-refractivity contribution in [1.29, 1.82) is 0 Å². The lowest BCUT2D eigenvalue weighted by molar-refractivity contribution is -0.133. The molecule has 3 aliphatic heterocycles. The Kier molecular flexibility index (Phi) is 11.5. The molecule has 236 valence electrons. The summed E-state index contributed by atoms with van der Waals surface area (Å²) in [5, 5.41) is 0. The average molecular weight is 590 g/mol. The monoisotopic (exact) mass is 589 g/mol. The second-order valence-electron chi connectivity index (χ2n) is 12.4. The lowest BCUT2D eigenvalue weighted by Crippen LogP contribution is -2.51. The summed E-state index contributed by atoms with van der Waals surface area (Å²) in [7, 11) is 7.56. The van der Waals surface area contributed by atoms with Crippen molar-refractivity contribution < 1.29 is 28.6 Å². The van der Waals surface area contributed by atoms with Crippen LogP contribution >= 0.6 is 0 Å². The fourth-order valence-corrected chi connectivity index (χ4v) is 6.52. The van der Waals surface area contributed by atoms with Gasteiger partial charge in [-0.05, 0) is 70.7 Å². The van der Waals surface area contributed by atoms with E-state index in [1.54, 1.807) is 19.1 Å². The number of fused-ring (bicyclic) bond motifs is 1. The molecule has 11 heteroatoms. The van der Waals surface area contributed by atoms with Crippen molar-refractivity contribution in [1.82, 2.24) is 24.5 Å². The van der Waals surface area contributed by atoms with Crippen LogP contribution in [0.25, 0.3) is 0 Å². The van der Waals surface area contributed by atoms with E-state index < -0.39 is 0 Å². The number of unbranched alkanes of at least 4 members (excludes halogenated alkanes) is 2. The molecule has 1 unspecified atom stereocenters. The Morgan fingerprint density at radius 1 is 1.12 bits per heavy atom. The lowest BCUT2D eigenvalue weighted by Gasteiger charge is -2.33. The summed E-state index contributed by atoms with van der Waals surface area (Å²) in [4.78, 5) is 48.6. The molecule has 0 aromatic carbocycles. The molecular weight excluding hydrogens is 538 g/mol. The van der Waals surface area contributed by atoms with E-state index in [0.29, 0.717) is 38.2 Å². The number of urea groups is 1. The number of carbonyl (C=O) groups is 3. The van der Waals surface area contributed by atoms with Gasteiger partial charge in [0, 0.05) is 58.7 Å². The minimum Gasteiger partial charge on any atom is -0.497 e. The van der Waals surface area contributed by atoms with Crippen molar-refractivity contribution in [2.24, 2.45) is 11.8 Å². The van der Waals surface area contributed by atoms with Crippen LogP contribution in [-0.4, -0.2) is 129 Å². The van der Waals surface area contributed by atoms with E-state index in [4.69, 9.17) is 14.2 Å². The molecule has 4 rings (SSSR count). The standard InChI is InChI=1S/C31H51N5O6/c1-6-7-13-34(14-9-8-12-32(2)3)29(38)21-35-20-24(23-18-26(40-5)30-27(19-23)41-22-42-30)17-25(35)10-16-36-28(37)11-15-33(4)31(36)39/h19,23-25H,6-18,20-22H2,1-5H3/t23?,24-,25+/m1/s1. The normalized spacial score (nSPS) is 24.6. The molecule has 1 aliphatic carbocycles. The van der Waals surface area contributed by atoms with Crippen molar-refractivity contribution in [3.63, 3.8) is 0 Å². The molecule has 0 bridgehead atoms. The van der Waals surface area contributed by atoms with E-state index >= 15 is 0 Å². The summed E-state index contributed by atoms with van der Waals surface area (Å²) in [6.07, 6.45) is 8.83. The third kappa shape index (κ3) is 7.98. The Morgan fingerprint density at radius 3 is 2.62 bits per heavy atom. The third-order valence-electron chi connectivity index (χ3n) is 9.05. The number of allylic oxidation sites excluding steroid dienone is 2. The van der Waals surface area contributed by atoms with Crippen LogP contribution in [0.4, 0.5) is 4.79 Å². The van der Waals surface area contributed by atoms with Crippen LogP contribution in [-0.2, 0) is 23.8 Å². The zero-order chi connectivity index (χ0) is 30.2. The summed E-state index contributed by atoms with van der Waals surface area (Å²) in [6.45, 7) is 6.86. The first-order chi connectivity index (χ1) is 20.2. The van der Waals surface area contributed by atoms with Gasteiger partial charge in [-0.15, -0.1) is 0 Å². The maximum atomic E-state index is 13.7. The smallest absolute Gasteiger partial charge is 0.326 e. The number of hydrogen-bond acceptors (Lipinski definition) is 8. The first kappa shape index (κ1) is 32.1. The Hall–Kier alpha value is -2.79. The number of nitrogens with zero attached hydrogens (tertiary/aromatic N) is 5. The average Bonchev–Trinajstić information content (AvgIpc) is 3.61. The van der Waals surface area contributed by atoms with Crippen molar-refractivity contribution in [3.8, 4) is 0 Å². The molecule has 0 spiro atoms. The fraction of sp³-hybridized carbons (Fsp3) is 0.774. The Balaban J connectivity index is 1.46. The van der Waals surface area contributed by atoms with Gasteiger partial charge in [-0.1, -0.05) is 13.3 Å². The van der Waals surface area contributed by atoms with E-state index in [1.807, 2.05) is 4.90 Å². The van der Waals surface area contributed by atoms with Crippen molar-refractivity contribution >= 4 is 17.8 Å². The number of amides is 4. The van der Waals surface area contributed by atoms with Crippen molar-refractivity contribution in [2.45, 2.75) is 64.3 Å². The van der Waals surface area contributed by atoms with Crippen molar-refractivity contribution in [3.05, 3.63) is 23.4 Å². The molecule has 11 nitrogen and oxygen atoms in total. The highest BCUT2D eigenvalue weighted by molar-refractivity contribution is 5.96. The molecule has 0 aromatic rings. The van der Waals surface area contributed by atoms with Crippen molar-refractivity contribution in [2.75, 3.05) is 80.9 Å². The third-order valence-corrected chi connectivity index (χ3v) is 9.05. The van der Waals surface area contributed by atoms with Gasteiger partial charge in [-0.3, -0.25) is 19.4 Å². The van der Waals surface area contributed by atoms with Crippen LogP contribution in [0.2, 0.25) is 0 Å². The molecule has 0 radical (unpaired) electrons. The van der Waals surface area contributed by atoms with Gasteiger partial charge in [0.05, 0.1) is 13.7 Å². The highest BCUT2D eigenvalue weighted by Crippen LogP contribution is 2.41. The number of imide groups is 1. The summed E-state index contributed by atoms with van der Waals surface area (Å²) < 4.78 is 17.0. The molecule has 3 fully saturated rings. The van der Waals surface area contributed by atoms with E-state index in [9.17, 15) is 14.4 Å². The SMILES string of the molecule is CCCCN(CCCCN(C)C)C(=O)CN1C[C@H](C2C=C3OCOC3=C(OC)C2)C[C@@H]1CCN1C(=O)CCN(C)C1=O. The molecule has 4 aliphatic rings. The summed E-state index contributed by atoms with van der Waals surface area (Å²) in [5.41, 5.74) is 0. The summed E-state index contributed by atoms with van der Waals surface area (Å²) >= 11 is 0. The molecule has 4 amide bonds. The maximum absolute atomic E-state index is 13.7. The number of methoxy groups -OCH3 is 1. The maximum Gasteiger partial charge on any atom is 0.326 e.